The lowest BCUT2D eigenvalue weighted by Gasteiger charge is -2.29. The molecule has 4 nitrogen and oxygen atoms in total. The van der Waals surface area contributed by atoms with Gasteiger partial charge in [-0.15, -0.1) is 0 Å². The van der Waals surface area contributed by atoms with Gasteiger partial charge in [0.15, 0.2) is 11.6 Å². The number of hydrogen-bond acceptors (Lipinski definition) is 4. The average molecular weight is 365 g/mol. The molecule has 1 aromatic heterocycles. The molecular formula is C14H12F5N3OS. The molecule has 0 N–H and O–H groups in total. The molecule has 24 heavy (non-hydrogen) atoms. The van der Waals surface area contributed by atoms with Crippen molar-refractivity contribution in [3.63, 3.8) is 0 Å². The predicted molar refractivity (Wildman–Crippen MR) is 78.3 cm³/mol. The minimum atomic E-state index is -4.74. The highest BCUT2D eigenvalue weighted by atomic mass is 32.2. The summed E-state index contributed by atoms with van der Waals surface area (Å²) < 4.78 is 68.2. The molecule has 1 atom stereocenters. The highest BCUT2D eigenvalue weighted by Crippen LogP contribution is 2.41. The van der Waals surface area contributed by atoms with Crippen LogP contribution in [0, 0.1) is 11.6 Å². The second-order valence-electron chi connectivity index (χ2n) is 4.91. The Morgan fingerprint density at radius 1 is 1.21 bits per heavy atom. The molecule has 1 heterocycles. The molecule has 0 amide bonds. The fraction of sp³-hybridized carbons (Fsp3) is 0.286. The van der Waals surface area contributed by atoms with E-state index in [2.05, 4.69) is 5.10 Å². The number of rotatable bonds is 4. The first-order valence-corrected chi connectivity index (χ1v) is 7.32. The van der Waals surface area contributed by atoms with E-state index in [0.29, 0.717) is 24.1 Å². The largest absolute Gasteiger partial charge is 0.408 e. The first-order valence-electron chi connectivity index (χ1n) is 6.55. The first-order chi connectivity index (χ1) is 11.1. The molecule has 0 fully saturated rings. The van der Waals surface area contributed by atoms with Crippen molar-refractivity contribution in [1.82, 2.24) is 14.1 Å². The van der Waals surface area contributed by atoms with Crippen LogP contribution in [-0.2, 0) is 7.05 Å². The van der Waals surface area contributed by atoms with Crippen LogP contribution in [-0.4, -0.2) is 27.3 Å². The minimum absolute atomic E-state index is 0.192. The van der Waals surface area contributed by atoms with Crippen molar-refractivity contribution in [2.24, 2.45) is 7.05 Å². The summed E-state index contributed by atoms with van der Waals surface area (Å²) in [4.78, 5) is 11.7. The number of aromatic nitrogens is 2. The summed E-state index contributed by atoms with van der Waals surface area (Å²) in [7, 11) is 2.54. The summed E-state index contributed by atoms with van der Waals surface area (Å²) in [5, 5.41) is 3.72. The minimum Gasteiger partial charge on any atom is -0.268 e. The van der Waals surface area contributed by atoms with E-state index in [4.69, 9.17) is 0 Å². The van der Waals surface area contributed by atoms with Gasteiger partial charge < -0.3 is 0 Å². The van der Waals surface area contributed by atoms with Gasteiger partial charge in [0.25, 0.3) is 5.56 Å². The van der Waals surface area contributed by atoms with Crippen molar-refractivity contribution in [3.8, 4) is 0 Å². The number of aryl methyl sites for hydroxylation is 1. The standard InChI is InChI=1S/C14H12F5N3OS/c1-21-12(23)6-9(7-20-21)24-22(2)13(14(17,18)19)8-3-4-10(15)11(16)5-8/h3-7,13H,1-2H3/t13-/m1/s1. The van der Waals surface area contributed by atoms with Crippen LogP contribution < -0.4 is 5.56 Å². The summed E-state index contributed by atoms with van der Waals surface area (Å²) >= 11 is 0.628. The lowest BCUT2D eigenvalue weighted by Crippen LogP contribution is -2.32. The van der Waals surface area contributed by atoms with Gasteiger partial charge in [0.2, 0.25) is 0 Å². The Balaban J connectivity index is 2.35. The molecule has 1 aromatic carbocycles. The van der Waals surface area contributed by atoms with Gasteiger partial charge in [0.1, 0.15) is 6.04 Å². The van der Waals surface area contributed by atoms with E-state index in [-0.39, 0.29) is 4.90 Å². The third-order valence-electron chi connectivity index (χ3n) is 3.13. The van der Waals surface area contributed by atoms with Crippen molar-refractivity contribution < 1.29 is 22.0 Å². The smallest absolute Gasteiger partial charge is 0.268 e. The maximum atomic E-state index is 13.4. The van der Waals surface area contributed by atoms with Crippen LogP contribution in [0.25, 0.3) is 0 Å². The average Bonchev–Trinajstić information content (AvgIpc) is 2.45. The van der Waals surface area contributed by atoms with Crippen LogP contribution in [0.5, 0.6) is 0 Å². The summed E-state index contributed by atoms with van der Waals surface area (Å²) in [6, 6.07) is 0.957. The number of hydrogen-bond donors (Lipinski definition) is 0. The molecule has 0 aliphatic rings. The molecule has 0 aliphatic carbocycles. The number of halogens is 5. The predicted octanol–water partition coefficient (Wildman–Crippen LogP) is 3.30. The summed E-state index contributed by atoms with van der Waals surface area (Å²) in [5.41, 5.74) is -0.932. The molecule has 10 heteroatoms. The second-order valence-corrected chi connectivity index (χ2v) is 6.14. The monoisotopic (exact) mass is 365 g/mol. The van der Waals surface area contributed by atoms with Gasteiger partial charge in [-0.3, -0.25) is 4.79 Å². The molecule has 0 spiro atoms. The number of nitrogens with zero attached hydrogens (tertiary/aromatic N) is 3. The Hall–Kier alpha value is -1.94. The van der Waals surface area contributed by atoms with Gasteiger partial charge in [0.05, 0.1) is 6.20 Å². The molecule has 0 radical (unpaired) electrons. The first kappa shape index (κ1) is 18.4. The van der Waals surface area contributed by atoms with Crippen molar-refractivity contribution in [2.45, 2.75) is 17.1 Å². The lowest BCUT2D eigenvalue weighted by atomic mass is 10.1. The Morgan fingerprint density at radius 2 is 1.88 bits per heavy atom. The molecule has 2 rings (SSSR count). The van der Waals surface area contributed by atoms with Gasteiger partial charge in [-0.25, -0.2) is 17.8 Å². The van der Waals surface area contributed by atoms with E-state index in [1.165, 1.54) is 13.2 Å². The Bertz CT molecular complexity index is 793. The summed E-state index contributed by atoms with van der Waals surface area (Å²) in [6.45, 7) is 0. The number of alkyl halides is 3. The van der Waals surface area contributed by atoms with Crippen LogP contribution in [0.4, 0.5) is 22.0 Å². The molecule has 0 saturated carbocycles. The van der Waals surface area contributed by atoms with E-state index in [0.717, 1.165) is 28.2 Å². The molecule has 0 saturated heterocycles. The molecule has 0 unspecified atom stereocenters. The van der Waals surface area contributed by atoms with Crippen LogP contribution >= 0.6 is 11.9 Å². The van der Waals surface area contributed by atoms with Crippen LogP contribution in [0.2, 0.25) is 0 Å². The SMILES string of the molecule is CN(Sc1cnn(C)c(=O)c1)[C@H](c1ccc(F)c(F)c1)C(F)(F)F. The highest BCUT2D eigenvalue weighted by Gasteiger charge is 2.44. The van der Waals surface area contributed by atoms with Gasteiger partial charge in [-0.2, -0.15) is 18.3 Å². The Morgan fingerprint density at radius 3 is 2.42 bits per heavy atom. The third kappa shape index (κ3) is 4.12. The molecule has 0 bridgehead atoms. The van der Waals surface area contributed by atoms with Gasteiger partial charge in [0, 0.05) is 18.0 Å². The Labute approximate surface area is 138 Å². The molecule has 130 valence electrons. The van der Waals surface area contributed by atoms with Crippen LogP contribution in [0.15, 0.2) is 40.2 Å². The van der Waals surface area contributed by atoms with Gasteiger partial charge in [-0.05, 0) is 36.7 Å². The topological polar surface area (TPSA) is 38.1 Å². The quantitative estimate of drug-likeness (QED) is 0.616. The third-order valence-corrected chi connectivity index (χ3v) is 4.06. The maximum absolute atomic E-state index is 13.4. The van der Waals surface area contributed by atoms with E-state index in [1.54, 1.807) is 0 Å². The van der Waals surface area contributed by atoms with E-state index in [1.807, 2.05) is 0 Å². The summed E-state index contributed by atoms with van der Waals surface area (Å²) in [6.07, 6.45) is -3.50. The van der Waals surface area contributed by atoms with E-state index in [9.17, 15) is 26.7 Å². The molecular weight excluding hydrogens is 353 g/mol. The zero-order chi connectivity index (χ0) is 18.1. The Kier molecular flexibility index (Phi) is 5.29. The fourth-order valence-electron chi connectivity index (χ4n) is 2.01. The fourth-order valence-corrected chi connectivity index (χ4v) is 2.94. The van der Waals surface area contributed by atoms with E-state index >= 15 is 0 Å². The van der Waals surface area contributed by atoms with Crippen molar-refractivity contribution in [3.05, 3.63) is 58.0 Å². The molecule has 2 aromatic rings. The van der Waals surface area contributed by atoms with Crippen molar-refractivity contribution >= 4 is 11.9 Å². The maximum Gasteiger partial charge on any atom is 0.408 e. The van der Waals surface area contributed by atoms with Gasteiger partial charge in [-0.1, -0.05) is 6.07 Å². The number of benzene rings is 1. The van der Waals surface area contributed by atoms with Crippen molar-refractivity contribution in [2.75, 3.05) is 7.05 Å². The van der Waals surface area contributed by atoms with Crippen LogP contribution in [0.1, 0.15) is 11.6 Å². The highest BCUT2D eigenvalue weighted by molar-refractivity contribution is 7.97. The molecule has 0 aliphatic heterocycles. The normalized spacial score (nSPS) is 13.3. The van der Waals surface area contributed by atoms with Crippen LogP contribution in [0.3, 0.4) is 0 Å². The van der Waals surface area contributed by atoms with Crippen molar-refractivity contribution in [1.29, 1.82) is 0 Å². The zero-order valence-electron chi connectivity index (χ0n) is 12.5. The summed E-state index contributed by atoms with van der Waals surface area (Å²) in [5.74, 6) is -2.60. The van der Waals surface area contributed by atoms with E-state index < -0.39 is 35.0 Å². The lowest BCUT2D eigenvalue weighted by molar-refractivity contribution is -0.170. The zero-order valence-corrected chi connectivity index (χ0v) is 13.3. The second kappa shape index (κ2) is 6.89. The van der Waals surface area contributed by atoms with Gasteiger partial charge >= 0.3 is 6.18 Å².